The average Bonchev–Trinajstić information content (AvgIpc) is 2.79. The Kier molecular flexibility index (Phi) is 6.41. The van der Waals surface area contributed by atoms with E-state index in [0.717, 1.165) is 17.6 Å². The second kappa shape index (κ2) is 7.60. The highest BCUT2D eigenvalue weighted by atomic mass is 32.2. The van der Waals surface area contributed by atoms with Crippen molar-refractivity contribution in [1.82, 2.24) is 4.90 Å². The SMILES string of the molecule is CCCCOC(=O)N1CC(OS(C)(=O)=O)CC1C(=O)OC. The lowest BCUT2D eigenvalue weighted by Crippen LogP contribution is -2.41. The highest BCUT2D eigenvalue weighted by molar-refractivity contribution is 7.86. The first-order chi connectivity index (χ1) is 9.78. The Balaban J connectivity index is 2.73. The monoisotopic (exact) mass is 323 g/mol. The average molecular weight is 323 g/mol. The number of unbranched alkanes of at least 4 members (excludes halogenated alkanes) is 1. The first-order valence-corrected chi connectivity index (χ1v) is 8.49. The smallest absolute Gasteiger partial charge is 0.410 e. The van der Waals surface area contributed by atoms with Crippen LogP contribution in [0.15, 0.2) is 0 Å². The number of hydrogen-bond acceptors (Lipinski definition) is 7. The normalized spacial score (nSPS) is 22.1. The van der Waals surface area contributed by atoms with Gasteiger partial charge in [0.15, 0.2) is 0 Å². The van der Waals surface area contributed by atoms with Crippen LogP contribution in [0.4, 0.5) is 4.79 Å². The number of methoxy groups -OCH3 is 1. The lowest BCUT2D eigenvalue weighted by atomic mass is 10.2. The van der Waals surface area contributed by atoms with Gasteiger partial charge in [0.2, 0.25) is 0 Å². The molecule has 122 valence electrons. The van der Waals surface area contributed by atoms with E-state index in [1.807, 2.05) is 6.92 Å². The predicted molar refractivity (Wildman–Crippen MR) is 73.1 cm³/mol. The van der Waals surface area contributed by atoms with Crippen molar-refractivity contribution < 1.29 is 31.7 Å². The summed E-state index contributed by atoms with van der Waals surface area (Å²) in [5.41, 5.74) is 0. The van der Waals surface area contributed by atoms with Crippen molar-refractivity contribution in [1.29, 1.82) is 0 Å². The lowest BCUT2D eigenvalue weighted by Gasteiger charge is -2.21. The minimum atomic E-state index is -3.66. The zero-order valence-corrected chi connectivity index (χ0v) is 13.2. The number of nitrogens with zero attached hydrogens (tertiary/aromatic N) is 1. The summed E-state index contributed by atoms with van der Waals surface area (Å²) in [7, 11) is -2.46. The standard InChI is InChI=1S/C12H21NO7S/c1-4-5-6-19-12(15)13-8-9(20-21(3,16)17)7-10(13)11(14)18-2/h9-10H,4-8H2,1-3H3. The zero-order chi connectivity index (χ0) is 16.0. The predicted octanol–water partition coefficient (Wildman–Crippen LogP) is 0.515. The number of carbonyl (C=O) groups is 2. The molecule has 1 aliphatic heterocycles. The molecule has 1 heterocycles. The van der Waals surface area contributed by atoms with E-state index in [1.54, 1.807) is 0 Å². The van der Waals surface area contributed by atoms with Crippen LogP contribution in [0, 0.1) is 0 Å². The van der Waals surface area contributed by atoms with Crippen LogP contribution in [0.25, 0.3) is 0 Å². The van der Waals surface area contributed by atoms with Crippen molar-refractivity contribution in [3.05, 3.63) is 0 Å². The molecular weight excluding hydrogens is 302 g/mol. The van der Waals surface area contributed by atoms with Gasteiger partial charge < -0.3 is 9.47 Å². The van der Waals surface area contributed by atoms with Gasteiger partial charge in [-0.3, -0.25) is 9.08 Å². The van der Waals surface area contributed by atoms with E-state index in [2.05, 4.69) is 4.74 Å². The summed E-state index contributed by atoms with van der Waals surface area (Å²) in [6.45, 7) is 2.17. The van der Waals surface area contributed by atoms with Crippen LogP contribution in [0.2, 0.25) is 0 Å². The molecule has 0 saturated carbocycles. The van der Waals surface area contributed by atoms with Gasteiger partial charge in [-0.2, -0.15) is 8.42 Å². The minimum Gasteiger partial charge on any atom is -0.467 e. The summed E-state index contributed by atoms with van der Waals surface area (Å²) in [6.07, 6.45) is 1.12. The summed E-state index contributed by atoms with van der Waals surface area (Å²) < 4.78 is 36.8. The van der Waals surface area contributed by atoms with Gasteiger partial charge in [-0.05, 0) is 6.42 Å². The molecule has 1 saturated heterocycles. The molecule has 1 amide bonds. The van der Waals surface area contributed by atoms with E-state index >= 15 is 0 Å². The molecule has 0 spiro atoms. The number of rotatable bonds is 6. The highest BCUT2D eigenvalue weighted by Crippen LogP contribution is 2.23. The van der Waals surface area contributed by atoms with Crippen molar-refractivity contribution in [2.24, 2.45) is 0 Å². The molecular formula is C12H21NO7S. The zero-order valence-electron chi connectivity index (χ0n) is 12.4. The minimum absolute atomic E-state index is 0.0300. The molecule has 8 nitrogen and oxygen atoms in total. The molecule has 0 aromatic carbocycles. The third-order valence-electron chi connectivity index (χ3n) is 3.00. The fourth-order valence-electron chi connectivity index (χ4n) is 2.06. The Hall–Kier alpha value is -1.35. The Labute approximate surface area is 124 Å². The number of ether oxygens (including phenoxy) is 2. The number of hydrogen-bond donors (Lipinski definition) is 0. The molecule has 2 atom stereocenters. The maximum atomic E-state index is 12.0. The van der Waals surface area contributed by atoms with E-state index in [4.69, 9.17) is 8.92 Å². The third-order valence-corrected chi connectivity index (χ3v) is 3.63. The van der Waals surface area contributed by atoms with E-state index in [-0.39, 0.29) is 19.6 Å². The Morgan fingerprint density at radius 1 is 1.33 bits per heavy atom. The van der Waals surface area contributed by atoms with Crippen LogP contribution in [0.5, 0.6) is 0 Å². The maximum absolute atomic E-state index is 12.0. The molecule has 1 fully saturated rings. The van der Waals surface area contributed by atoms with E-state index < -0.39 is 34.3 Å². The van der Waals surface area contributed by atoms with E-state index in [0.29, 0.717) is 6.42 Å². The van der Waals surface area contributed by atoms with Crippen molar-refractivity contribution in [3.63, 3.8) is 0 Å². The van der Waals surface area contributed by atoms with Gasteiger partial charge in [0, 0.05) is 6.42 Å². The summed E-state index contributed by atoms with van der Waals surface area (Å²) in [6, 6.07) is -0.893. The molecule has 0 aromatic rings. The topological polar surface area (TPSA) is 99.2 Å². The van der Waals surface area contributed by atoms with Crippen molar-refractivity contribution in [2.75, 3.05) is 26.5 Å². The van der Waals surface area contributed by atoms with Crippen LogP contribution < -0.4 is 0 Å². The van der Waals surface area contributed by atoms with Crippen LogP contribution in [-0.2, 0) is 28.6 Å². The van der Waals surface area contributed by atoms with Crippen LogP contribution in [-0.4, -0.2) is 64.0 Å². The van der Waals surface area contributed by atoms with Crippen molar-refractivity contribution >= 4 is 22.2 Å². The molecule has 0 N–H and O–H groups in total. The molecule has 0 aliphatic carbocycles. The number of likely N-dealkylation sites (tertiary alicyclic amines) is 1. The molecule has 1 aliphatic rings. The van der Waals surface area contributed by atoms with E-state index in [9.17, 15) is 18.0 Å². The van der Waals surface area contributed by atoms with Crippen LogP contribution in [0.1, 0.15) is 26.2 Å². The Morgan fingerprint density at radius 3 is 2.52 bits per heavy atom. The largest absolute Gasteiger partial charge is 0.467 e. The molecule has 2 unspecified atom stereocenters. The Bertz CT molecular complexity index is 476. The van der Waals surface area contributed by atoms with Crippen molar-refractivity contribution in [2.45, 2.75) is 38.3 Å². The third kappa shape index (κ3) is 5.50. The van der Waals surface area contributed by atoms with Crippen molar-refractivity contribution in [3.8, 4) is 0 Å². The second-order valence-corrected chi connectivity index (χ2v) is 6.42. The second-order valence-electron chi connectivity index (χ2n) is 4.82. The molecule has 0 bridgehead atoms. The number of carbonyl (C=O) groups excluding carboxylic acids is 2. The highest BCUT2D eigenvalue weighted by Gasteiger charge is 2.42. The van der Waals surface area contributed by atoms with Gasteiger partial charge in [-0.15, -0.1) is 0 Å². The summed E-state index contributed by atoms with van der Waals surface area (Å²) in [4.78, 5) is 24.8. The van der Waals surface area contributed by atoms with Gasteiger partial charge in [0.1, 0.15) is 6.04 Å². The van der Waals surface area contributed by atoms with Gasteiger partial charge in [-0.1, -0.05) is 13.3 Å². The van der Waals surface area contributed by atoms with E-state index in [1.165, 1.54) is 7.11 Å². The van der Waals surface area contributed by atoms with Gasteiger partial charge in [0.05, 0.1) is 32.6 Å². The van der Waals surface area contributed by atoms with Gasteiger partial charge in [-0.25, -0.2) is 9.59 Å². The van der Waals surface area contributed by atoms with Crippen LogP contribution >= 0.6 is 0 Å². The molecule has 9 heteroatoms. The summed E-state index contributed by atoms with van der Waals surface area (Å²) in [5.74, 6) is -0.623. The number of amides is 1. The quantitative estimate of drug-likeness (QED) is 0.399. The molecule has 21 heavy (non-hydrogen) atoms. The molecule has 0 radical (unpaired) electrons. The van der Waals surface area contributed by atoms with Gasteiger partial charge >= 0.3 is 12.1 Å². The molecule has 1 rings (SSSR count). The fourth-order valence-corrected chi connectivity index (χ4v) is 2.70. The van der Waals surface area contributed by atoms with Gasteiger partial charge in [0.25, 0.3) is 10.1 Å². The number of esters is 1. The lowest BCUT2D eigenvalue weighted by molar-refractivity contribution is -0.145. The van der Waals surface area contributed by atoms with Crippen LogP contribution in [0.3, 0.4) is 0 Å². The maximum Gasteiger partial charge on any atom is 0.410 e. The first-order valence-electron chi connectivity index (χ1n) is 6.68. The fraction of sp³-hybridized carbons (Fsp3) is 0.833. The molecule has 0 aromatic heterocycles. The Morgan fingerprint density at radius 2 is 2.00 bits per heavy atom. The summed E-state index contributed by atoms with van der Waals surface area (Å²) >= 11 is 0. The summed E-state index contributed by atoms with van der Waals surface area (Å²) in [5, 5.41) is 0. The first kappa shape index (κ1) is 17.7.